The first-order chi connectivity index (χ1) is 15.5. The van der Waals surface area contributed by atoms with Gasteiger partial charge >= 0.3 is 0 Å². The van der Waals surface area contributed by atoms with Gasteiger partial charge in [0.1, 0.15) is 11.4 Å². The van der Waals surface area contributed by atoms with E-state index in [0.717, 1.165) is 28.8 Å². The van der Waals surface area contributed by atoms with E-state index in [1.807, 2.05) is 54.1 Å². The number of carbonyl (C=O) groups is 1. The van der Waals surface area contributed by atoms with E-state index in [1.54, 1.807) is 31.4 Å². The van der Waals surface area contributed by atoms with Crippen molar-refractivity contribution in [2.24, 2.45) is 7.05 Å². The molecule has 0 spiro atoms. The topological polar surface area (TPSA) is 85.2 Å². The first kappa shape index (κ1) is 21.3. The summed E-state index contributed by atoms with van der Waals surface area (Å²) in [6.45, 7) is 2.72. The number of nitrogens with one attached hydrogen (secondary N) is 1. The third kappa shape index (κ3) is 4.39. The fraction of sp³-hybridized carbons (Fsp3) is 0.250. The molecule has 0 saturated heterocycles. The molecule has 0 aliphatic heterocycles. The van der Waals surface area contributed by atoms with Crippen LogP contribution in [0.2, 0.25) is 0 Å². The molecule has 164 valence electrons. The van der Waals surface area contributed by atoms with Crippen molar-refractivity contribution in [1.29, 1.82) is 0 Å². The number of rotatable bonds is 7. The van der Waals surface area contributed by atoms with Gasteiger partial charge in [-0.3, -0.25) is 9.78 Å². The number of amides is 1. The molecule has 3 heterocycles. The van der Waals surface area contributed by atoms with E-state index in [9.17, 15) is 4.79 Å². The summed E-state index contributed by atoms with van der Waals surface area (Å²) in [5.41, 5.74) is 3.82. The molecule has 0 radical (unpaired) electrons. The molecule has 0 saturated carbocycles. The molecule has 4 aromatic rings. The molecule has 1 N–H and O–H groups in total. The predicted molar refractivity (Wildman–Crippen MR) is 125 cm³/mol. The number of aryl methyl sites for hydroxylation is 1. The largest absolute Gasteiger partial charge is 0.493 e. The zero-order chi connectivity index (χ0) is 22.7. The molecule has 0 unspecified atom stereocenters. The lowest BCUT2D eigenvalue weighted by molar-refractivity contribution is 0.0819. The highest BCUT2D eigenvalue weighted by Crippen LogP contribution is 2.26. The molecule has 0 fully saturated rings. The second-order valence-electron chi connectivity index (χ2n) is 7.68. The van der Waals surface area contributed by atoms with E-state index in [-0.39, 0.29) is 5.91 Å². The number of ether oxygens (including phenoxy) is 1. The van der Waals surface area contributed by atoms with Gasteiger partial charge in [-0.2, -0.15) is 0 Å². The maximum atomic E-state index is 12.4. The van der Waals surface area contributed by atoms with Gasteiger partial charge in [-0.25, -0.2) is 9.97 Å². The number of fused-ring (bicyclic) bond motifs is 1. The lowest BCUT2D eigenvalue weighted by Gasteiger charge is -2.11. The first-order valence-electron chi connectivity index (χ1n) is 10.5. The van der Waals surface area contributed by atoms with Gasteiger partial charge in [-0.15, -0.1) is 0 Å². The van der Waals surface area contributed by atoms with Crippen molar-refractivity contribution in [3.63, 3.8) is 0 Å². The average molecular weight is 431 g/mol. The Morgan fingerprint density at radius 3 is 2.66 bits per heavy atom. The molecule has 8 nitrogen and oxygen atoms in total. The molecule has 0 atom stereocenters. The first-order valence-corrected chi connectivity index (χ1v) is 10.5. The van der Waals surface area contributed by atoms with Crippen LogP contribution in [0, 0.1) is 0 Å². The van der Waals surface area contributed by atoms with Crippen molar-refractivity contribution in [2.75, 3.05) is 26.0 Å². The van der Waals surface area contributed by atoms with Crippen LogP contribution in [-0.4, -0.2) is 51.0 Å². The Kier molecular flexibility index (Phi) is 6.02. The number of anilines is 2. The summed E-state index contributed by atoms with van der Waals surface area (Å²) < 4.78 is 7.60. The fourth-order valence-corrected chi connectivity index (χ4v) is 3.39. The lowest BCUT2D eigenvalue weighted by Crippen LogP contribution is -2.23. The number of carbonyl (C=O) groups excluding carboxylic acids is 1. The molecule has 0 aliphatic rings. The number of nitrogens with zero attached hydrogens (tertiary/aromatic N) is 5. The van der Waals surface area contributed by atoms with Crippen molar-refractivity contribution in [1.82, 2.24) is 24.4 Å². The number of pyridine rings is 1. The van der Waals surface area contributed by atoms with E-state index in [4.69, 9.17) is 4.74 Å². The van der Waals surface area contributed by atoms with Gasteiger partial charge in [0.15, 0.2) is 0 Å². The minimum atomic E-state index is -0.0353. The van der Waals surface area contributed by atoms with Crippen molar-refractivity contribution in [3.05, 3.63) is 60.6 Å². The van der Waals surface area contributed by atoms with Crippen LogP contribution in [0.5, 0.6) is 5.75 Å². The van der Waals surface area contributed by atoms with E-state index < -0.39 is 0 Å². The quantitative estimate of drug-likeness (QED) is 0.471. The zero-order valence-corrected chi connectivity index (χ0v) is 18.7. The molecule has 3 aromatic heterocycles. The monoisotopic (exact) mass is 430 g/mol. The van der Waals surface area contributed by atoms with Crippen LogP contribution in [0.4, 0.5) is 11.6 Å². The SMILES string of the molecule is CCCOc1ccnc(-c2ccnc(Nc3ccc4cc(C(=O)N(C)C)n(C)c4c3)n2)c1. The highest BCUT2D eigenvalue weighted by molar-refractivity contribution is 5.99. The standard InChI is InChI=1S/C24H26N6O2/c1-5-12-32-18-8-10-25-20(15-18)19-9-11-26-24(28-19)27-17-7-6-16-13-22(23(31)29(2)3)30(4)21(16)14-17/h6-11,13-15H,5,12H2,1-4H3,(H,26,27,28). The second kappa shape index (κ2) is 9.05. The smallest absolute Gasteiger partial charge is 0.269 e. The molecule has 4 rings (SSSR count). The summed E-state index contributed by atoms with van der Waals surface area (Å²) in [6.07, 6.45) is 4.35. The van der Waals surface area contributed by atoms with Crippen molar-refractivity contribution < 1.29 is 9.53 Å². The lowest BCUT2D eigenvalue weighted by atomic mass is 10.2. The van der Waals surface area contributed by atoms with Crippen LogP contribution in [0.15, 0.2) is 54.9 Å². The van der Waals surface area contributed by atoms with Crippen LogP contribution in [-0.2, 0) is 7.05 Å². The van der Waals surface area contributed by atoms with Crippen molar-refractivity contribution in [3.8, 4) is 17.1 Å². The minimum Gasteiger partial charge on any atom is -0.493 e. The van der Waals surface area contributed by atoms with Gasteiger partial charge in [-0.05, 0) is 36.8 Å². The molecular formula is C24H26N6O2. The Morgan fingerprint density at radius 1 is 1.06 bits per heavy atom. The summed E-state index contributed by atoms with van der Waals surface area (Å²) in [5, 5.41) is 4.25. The van der Waals surface area contributed by atoms with Crippen LogP contribution < -0.4 is 10.1 Å². The summed E-state index contributed by atoms with van der Waals surface area (Å²) >= 11 is 0. The van der Waals surface area contributed by atoms with Gasteiger partial charge in [-0.1, -0.05) is 13.0 Å². The Labute approximate surface area is 186 Å². The maximum absolute atomic E-state index is 12.4. The molecule has 1 aromatic carbocycles. The van der Waals surface area contributed by atoms with Gasteiger partial charge in [0.25, 0.3) is 5.91 Å². The van der Waals surface area contributed by atoms with Crippen LogP contribution in [0.1, 0.15) is 23.8 Å². The minimum absolute atomic E-state index is 0.0353. The average Bonchev–Trinajstić information content (AvgIpc) is 3.13. The second-order valence-corrected chi connectivity index (χ2v) is 7.68. The Balaban J connectivity index is 1.60. The molecule has 32 heavy (non-hydrogen) atoms. The van der Waals surface area contributed by atoms with E-state index >= 15 is 0 Å². The number of benzene rings is 1. The predicted octanol–water partition coefficient (Wildman–Crippen LogP) is 4.26. The number of aromatic nitrogens is 4. The third-order valence-corrected chi connectivity index (χ3v) is 5.05. The zero-order valence-electron chi connectivity index (χ0n) is 18.7. The normalized spacial score (nSPS) is 10.9. The van der Waals surface area contributed by atoms with Crippen LogP contribution in [0.25, 0.3) is 22.3 Å². The Hall–Kier alpha value is -3.94. The molecule has 0 bridgehead atoms. The van der Waals surface area contributed by atoms with Gasteiger partial charge < -0.3 is 19.5 Å². The summed E-state index contributed by atoms with van der Waals surface area (Å²) in [4.78, 5) is 27.4. The molecule has 1 amide bonds. The van der Waals surface area contributed by atoms with E-state index in [0.29, 0.717) is 29.6 Å². The summed E-state index contributed by atoms with van der Waals surface area (Å²) in [7, 11) is 5.38. The van der Waals surface area contributed by atoms with Crippen LogP contribution in [0.3, 0.4) is 0 Å². The highest BCUT2D eigenvalue weighted by Gasteiger charge is 2.15. The highest BCUT2D eigenvalue weighted by atomic mass is 16.5. The van der Waals surface area contributed by atoms with Gasteiger partial charge in [0.2, 0.25) is 5.95 Å². The van der Waals surface area contributed by atoms with Gasteiger partial charge in [0.05, 0.1) is 23.5 Å². The summed E-state index contributed by atoms with van der Waals surface area (Å²) in [6, 6.07) is 13.3. The fourth-order valence-electron chi connectivity index (χ4n) is 3.39. The Bertz CT molecular complexity index is 1260. The van der Waals surface area contributed by atoms with Gasteiger partial charge in [0, 0.05) is 50.7 Å². The van der Waals surface area contributed by atoms with E-state index in [1.165, 1.54) is 0 Å². The van der Waals surface area contributed by atoms with Crippen molar-refractivity contribution >= 4 is 28.4 Å². The number of hydrogen-bond donors (Lipinski definition) is 1. The third-order valence-electron chi connectivity index (χ3n) is 5.05. The van der Waals surface area contributed by atoms with E-state index in [2.05, 4.69) is 27.2 Å². The summed E-state index contributed by atoms with van der Waals surface area (Å²) in [5.74, 6) is 1.19. The molecular weight excluding hydrogens is 404 g/mol. The Morgan fingerprint density at radius 2 is 1.88 bits per heavy atom. The molecule has 0 aliphatic carbocycles. The maximum Gasteiger partial charge on any atom is 0.269 e. The van der Waals surface area contributed by atoms with Crippen LogP contribution >= 0.6 is 0 Å². The number of hydrogen-bond acceptors (Lipinski definition) is 6. The molecule has 8 heteroatoms. The van der Waals surface area contributed by atoms with Crippen molar-refractivity contribution in [2.45, 2.75) is 13.3 Å².